The topological polar surface area (TPSA) is 87.1 Å². The molecule has 1 aliphatic heterocycles. The van der Waals surface area contributed by atoms with Crippen LogP contribution in [0.2, 0.25) is 0 Å². The summed E-state index contributed by atoms with van der Waals surface area (Å²) in [5.41, 5.74) is 0.832. The molecule has 2 N–H and O–H groups in total. The maximum Gasteiger partial charge on any atom is 0.488 e. The average molecular weight is 283 g/mol. The minimum absolute atomic E-state index is 0.332. The van der Waals surface area contributed by atoms with E-state index in [0.29, 0.717) is 24.2 Å². The van der Waals surface area contributed by atoms with E-state index in [-0.39, 0.29) is 0 Å². The lowest BCUT2D eigenvalue weighted by Gasteiger charge is -2.39. The van der Waals surface area contributed by atoms with Gasteiger partial charge in [0.25, 0.3) is 0 Å². The summed E-state index contributed by atoms with van der Waals surface area (Å²) in [5, 5.41) is 19.8. The van der Waals surface area contributed by atoms with Gasteiger partial charge in [-0.05, 0) is 30.4 Å². The molecule has 1 aliphatic rings. The second-order valence-electron chi connectivity index (χ2n) is 4.47. The summed E-state index contributed by atoms with van der Waals surface area (Å²) < 4.78 is 24.0. The van der Waals surface area contributed by atoms with Crippen LogP contribution in [-0.4, -0.2) is 44.0 Å². The Bertz CT molecular complexity index is 437. The van der Waals surface area contributed by atoms with Crippen molar-refractivity contribution in [2.24, 2.45) is 0 Å². The predicted molar refractivity (Wildman–Crippen MR) is 73.1 cm³/mol. The molecule has 0 spiro atoms. The van der Waals surface area contributed by atoms with Crippen molar-refractivity contribution in [1.82, 2.24) is 5.01 Å². The first-order chi connectivity index (χ1) is 9.09. The summed E-state index contributed by atoms with van der Waals surface area (Å²) in [6.07, 6.45) is 3.06. The molecule has 104 valence electrons. The zero-order valence-corrected chi connectivity index (χ0v) is 11.3. The van der Waals surface area contributed by atoms with Crippen LogP contribution >= 0.6 is 0 Å². The van der Waals surface area contributed by atoms with E-state index in [9.17, 15) is 8.76 Å². The summed E-state index contributed by atoms with van der Waals surface area (Å²) in [7, 11) is -1.55. The molecule has 19 heavy (non-hydrogen) atoms. The largest absolute Gasteiger partial charge is 0.754 e. The van der Waals surface area contributed by atoms with Gasteiger partial charge in [0.15, 0.2) is 0 Å². The standard InChI is InChI=1S/C11H17BN2O4S/c15-12(16)10-4-6-11(7-5-10)14(19(17)18)13-8-2-1-3-9-13/h4-7,15-16H,1-3,8-9H2,(H,17,18)/p-1. The molecular formula is C11H16BN2O4S-. The molecule has 0 radical (unpaired) electrons. The second kappa shape index (κ2) is 6.49. The quantitative estimate of drug-likeness (QED) is 0.567. The van der Waals surface area contributed by atoms with E-state index in [1.807, 2.05) is 0 Å². The number of rotatable bonds is 4. The molecule has 1 atom stereocenters. The minimum atomic E-state index is -2.38. The second-order valence-corrected chi connectivity index (χ2v) is 5.25. The van der Waals surface area contributed by atoms with Crippen LogP contribution in [0, 0.1) is 0 Å². The first-order valence-electron chi connectivity index (χ1n) is 6.20. The van der Waals surface area contributed by atoms with Gasteiger partial charge in [-0.25, -0.2) is 9.42 Å². The molecule has 1 aromatic carbocycles. The maximum atomic E-state index is 11.4. The lowest BCUT2D eigenvalue weighted by atomic mass is 9.80. The minimum Gasteiger partial charge on any atom is -0.754 e. The van der Waals surface area contributed by atoms with Crippen LogP contribution in [0.4, 0.5) is 5.69 Å². The highest BCUT2D eigenvalue weighted by Gasteiger charge is 2.20. The van der Waals surface area contributed by atoms with Gasteiger partial charge < -0.3 is 14.6 Å². The third-order valence-electron chi connectivity index (χ3n) is 3.14. The Morgan fingerprint density at radius 3 is 2.21 bits per heavy atom. The van der Waals surface area contributed by atoms with Crippen LogP contribution < -0.4 is 9.88 Å². The first-order valence-corrected chi connectivity index (χ1v) is 7.23. The fourth-order valence-corrected chi connectivity index (χ4v) is 2.82. The van der Waals surface area contributed by atoms with Crippen LogP contribution in [0.1, 0.15) is 19.3 Å². The van der Waals surface area contributed by atoms with Crippen molar-refractivity contribution < 1.29 is 18.8 Å². The van der Waals surface area contributed by atoms with Crippen LogP contribution in [0.3, 0.4) is 0 Å². The molecule has 2 rings (SSSR count). The fourth-order valence-electron chi connectivity index (χ4n) is 2.18. The zero-order chi connectivity index (χ0) is 13.8. The molecule has 1 unspecified atom stereocenters. The zero-order valence-electron chi connectivity index (χ0n) is 10.4. The van der Waals surface area contributed by atoms with Crippen molar-refractivity contribution in [3.8, 4) is 0 Å². The monoisotopic (exact) mass is 283 g/mol. The molecule has 0 aliphatic carbocycles. The molecule has 0 saturated carbocycles. The van der Waals surface area contributed by atoms with Crippen LogP contribution in [0.15, 0.2) is 24.3 Å². The Balaban J connectivity index is 2.20. The van der Waals surface area contributed by atoms with E-state index in [4.69, 9.17) is 10.0 Å². The Morgan fingerprint density at radius 1 is 1.16 bits per heavy atom. The van der Waals surface area contributed by atoms with Crippen molar-refractivity contribution in [3.05, 3.63) is 24.3 Å². The third-order valence-corrected chi connectivity index (χ3v) is 3.87. The molecular weight excluding hydrogens is 267 g/mol. The summed E-state index contributed by atoms with van der Waals surface area (Å²) in [5.74, 6) is 0. The first kappa shape index (κ1) is 14.5. The Labute approximate surface area is 115 Å². The van der Waals surface area contributed by atoms with Crippen molar-refractivity contribution >= 4 is 29.5 Å². The van der Waals surface area contributed by atoms with E-state index < -0.39 is 18.4 Å². The van der Waals surface area contributed by atoms with Gasteiger partial charge >= 0.3 is 7.12 Å². The lowest BCUT2D eigenvalue weighted by molar-refractivity contribution is 0.238. The highest BCUT2D eigenvalue weighted by molar-refractivity contribution is 7.80. The SMILES string of the molecule is O=S([O-])N(c1ccc(B(O)O)cc1)N1CCCCC1. The average Bonchev–Trinajstić information content (AvgIpc) is 2.40. The summed E-state index contributed by atoms with van der Waals surface area (Å²) in [6, 6.07) is 6.14. The summed E-state index contributed by atoms with van der Waals surface area (Å²) in [6.45, 7) is 1.41. The molecule has 6 nitrogen and oxygen atoms in total. The predicted octanol–water partition coefficient (Wildman–Crippen LogP) is -0.632. The van der Waals surface area contributed by atoms with E-state index in [0.717, 1.165) is 19.3 Å². The molecule has 0 amide bonds. The lowest BCUT2D eigenvalue weighted by Crippen LogP contribution is -2.46. The maximum absolute atomic E-state index is 11.4. The fraction of sp³-hybridized carbons (Fsp3) is 0.455. The molecule has 1 saturated heterocycles. The number of hydrogen-bond acceptors (Lipinski definition) is 5. The number of piperidine rings is 1. The summed E-state index contributed by atoms with van der Waals surface area (Å²) >= 11 is -2.38. The van der Waals surface area contributed by atoms with Gasteiger partial charge in [0.2, 0.25) is 0 Å². The molecule has 0 bridgehead atoms. The van der Waals surface area contributed by atoms with E-state index in [1.165, 1.54) is 16.5 Å². The summed E-state index contributed by atoms with van der Waals surface area (Å²) in [4.78, 5) is 0. The van der Waals surface area contributed by atoms with Gasteiger partial charge in [-0.2, -0.15) is 0 Å². The van der Waals surface area contributed by atoms with Gasteiger partial charge in [0, 0.05) is 13.1 Å². The number of benzene rings is 1. The van der Waals surface area contributed by atoms with Gasteiger partial charge in [-0.15, -0.1) is 0 Å². The Kier molecular flexibility index (Phi) is 4.95. The number of nitrogens with zero attached hydrogens (tertiary/aromatic N) is 2. The molecule has 1 fully saturated rings. The highest BCUT2D eigenvalue weighted by Crippen LogP contribution is 2.20. The van der Waals surface area contributed by atoms with Gasteiger partial charge in [0.05, 0.1) is 17.0 Å². The van der Waals surface area contributed by atoms with Crippen LogP contribution in [-0.2, 0) is 11.3 Å². The Morgan fingerprint density at radius 2 is 1.74 bits per heavy atom. The molecule has 1 aromatic rings. The van der Waals surface area contributed by atoms with Crippen molar-refractivity contribution in [3.63, 3.8) is 0 Å². The molecule has 0 aromatic heterocycles. The smallest absolute Gasteiger partial charge is 0.488 e. The normalized spacial score (nSPS) is 18.1. The molecule has 8 heteroatoms. The third kappa shape index (κ3) is 3.55. The van der Waals surface area contributed by atoms with E-state index >= 15 is 0 Å². The Hall–Kier alpha value is -0.925. The van der Waals surface area contributed by atoms with E-state index in [1.54, 1.807) is 17.1 Å². The van der Waals surface area contributed by atoms with Gasteiger partial charge in [-0.1, -0.05) is 18.6 Å². The van der Waals surface area contributed by atoms with E-state index in [2.05, 4.69) is 0 Å². The van der Waals surface area contributed by atoms with Crippen molar-refractivity contribution in [1.29, 1.82) is 0 Å². The van der Waals surface area contributed by atoms with Crippen LogP contribution in [0.5, 0.6) is 0 Å². The molecule has 1 heterocycles. The van der Waals surface area contributed by atoms with Gasteiger partial charge in [-0.3, -0.25) is 4.21 Å². The van der Waals surface area contributed by atoms with Crippen molar-refractivity contribution in [2.75, 3.05) is 17.5 Å². The van der Waals surface area contributed by atoms with Crippen LogP contribution in [0.25, 0.3) is 0 Å². The van der Waals surface area contributed by atoms with Crippen molar-refractivity contribution in [2.45, 2.75) is 19.3 Å². The number of hydrazine groups is 1. The van der Waals surface area contributed by atoms with Gasteiger partial charge in [0.1, 0.15) is 0 Å². The highest BCUT2D eigenvalue weighted by atomic mass is 32.2. The number of hydrogen-bond donors (Lipinski definition) is 2. The number of anilines is 1.